The zero-order valence-corrected chi connectivity index (χ0v) is 12.8. The van der Waals surface area contributed by atoms with Crippen LogP contribution < -0.4 is 10.9 Å². The number of hydrogen-bond donors (Lipinski definition) is 2. The molecule has 21 heavy (non-hydrogen) atoms. The molecule has 0 aliphatic heterocycles. The maximum Gasteiger partial charge on any atom is 0.250 e. The van der Waals surface area contributed by atoms with Gasteiger partial charge in [-0.05, 0) is 32.4 Å². The normalized spacial score (nSPS) is 12.1. The Hall–Kier alpha value is -2.23. The van der Waals surface area contributed by atoms with Crippen molar-refractivity contribution in [2.24, 2.45) is 0 Å². The average Bonchev–Trinajstić information content (AvgIpc) is 2.45. The van der Waals surface area contributed by atoms with Gasteiger partial charge in [-0.1, -0.05) is 24.6 Å². The molecule has 1 aromatic heterocycles. The summed E-state index contributed by atoms with van der Waals surface area (Å²) in [5.41, 5.74) is 2.83. The van der Waals surface area contributed by atoms with Crippen LogP contribution in [0.25, 0.3) is 0 Å². The highest BCUT2D eigenvalue weighted by Gasteiger charge is 2.11. The second-order valence-electron chi connectivity index (χ2n) is 5.38. The Morgan fingerprint density at radius 3 is 2.76 bits per heavy atom. The van der Waals surface area contributed by atoms with Gasteiger partial charge in [-0.2, -0.15) is 0 Å². The van der Waals surface area contributed by atoms with Crippen LogP contribution in [0.5, 0.6) is 5.75 Å². The van der Waals surface area contributed by atoms with E-state index in [0.29, 0.717) is 6.54 Å². The molecule has 0 spiro atoms. The molecule has 2 N–H and O–H groups in total. The lowest BCUT2D eigenvalue weighted by molar-refractivity contribution is 0.465. The highest BCUT2D eigenvalue weighted by Crippen LogP contribution is 2.27. The number of hydrogen-bond acceptors (Lipinski definition) is 3. The molecule has 0 saturated carbocycles. The van der Waals surface area contributed by atoms with Gasteiger partial charge in [0.15, 0.2) is 0 Å². The van der Waals surface area contributed by atoms with Gasteiger partial charge in [-0.15, -0.1) is 0 Å². The van der Waals surface area contributed by atoms with Crippen LogP contribution in [0.3, 0.4) is 0 Å². The van der Waals surface area contributed by atoms with Gasteiger partial charge in [0.1, 0.15) is 5.75 Å². The molecule has 2 aromatic rings. The van der Waals surface area contributed by atoms with Gasteiger partial charge in [0, 0.05) is 24.4 Å². The van der Waals surface area contributed by atoms with E-state index in [4.69, 9.17) is 0 Å². The highest BCUT2D eigenvalue weighted by atomic mass is 16.3. The molecule has 0 radical (unpaired) electrons. The Balaban J connectivity index is 2.23. The largest absolute Gasteiger partial charge is 0.508 e. The monoisotopic (exact) mass is 286 g/mol. The third kappa shape index (κ3) is 3.66. The quantitative estimate of drug-likeness (QED) is 0.885. The van der Waals surface area contributed by atoms with Gasteiger partial charge in [0.2, 0.25) is 0 Å². The molecule has 0 aliphatic carbocycles. The first-order chi connectivity index (χ1) is 10.0. The minimum Gasteiger partial charge on any atom is -0.508 e. The van der Waals surface area contributed by atoms with Crippen molar-refractivity contribution in [3.8, 4) is 5.75 Å². The smallest absolute Gasteiger partial charge is 0.250 e. The van der Waals surface area contributed by atoms with E-state index in [-0.39, 0.29) is 17.4 Å². The van der Waals surface area contributed by atoms with Crippen molar-refractivity contribution < 1.29 is 5.11 Å². The fourth-order valence-corrected chi connectivity index (χ4v) is 2.38. The average molecular weight is 286 g/mol. The molecule has 4 nitrogen and oxygen atoms in total. The molecule has 1 unspecified atom stereocenters. The predicted octanol–water partition coefficient (Wildman–Crippen LogP) is 3.45. The SMILES string of the molecule is CCCn1cc(NC(C)c2cc(C)ccc2O)ccc1=O. The Bertz CT molecular complexity index is 677. The Morgan fingerprint density at radius 2 is 2.05 bits per heavy atom. The lowest BCUT2D eigenvalue weighted by atomic mass is 10.0. The summed E-state index contributed by atoms with van der Waals surface area (Å²) >= 11 is 0. The number of aryl methyl sites for hydroxylation is 2. The molecule has 4 heteroatoms. The first kappa shape index (κ1) is 15.2. The minimum atomic E-state index is -0.0440. The summed E-state index contributed by atoms with van der Waals surface area (Å²) in [7, 11) is 0. The number of aromatic nitrogens is 1. The van der Waals surface area contributed by atoms with E-state index in [1.165, 1.54) is 0 Å². The van der Waals surface area contributed by atoms with Crippen molar-refractivity contribution in [1.29, 1.82) is 0 Å². The van der Waals surface area contributed by atoms with Crippen LogP contribution in [-0.4, -0.2) is 9.67 Å². The zero-order valence-electron chi connectivity index (χ0n) is 12.8. The molecule has 1 atom stereocenters. The van der Waals surface area contributed by atoms with E-state index in [9.17, 15) is 9.90 Å². The third-order valence-electron chi connectivity index (χ3n) is 3.48. The van der Waals surface area contributed by atoms with E-state index >= 15 is 0 Å². The third-order valence-corrected chi connectivity index (χ3v) is 3.48. The first-order valence-corrected chi connectivity index (χ1v) is 7.27. The van der Waals surface area contributed by atoms with E-state index in [0.717, 1.165) is 23.2 Å². The maximum atomic E-state index is 11.7. The lowest BCUT2D eigenvalue weighted by Gasteiger charge is -2.18. The Kier molecular flexibility index (Phi) is 4.68. The maximum absolute atomic E-state index is 11.7. The van der Waals surface area contributed by atoms with Crippen molar-refractivity contribution in [3.63, 3.8) is 0 Å². The molecule has 2 rings (SSSR count). The summed E-state index contributed by atoms with van der Waals surface area (Å²) in [6.07, 6.45) is 2.74. The number of phenols is 1. The molecular formula is C17H22N2O2. The summed E-state index contributed by atoms with van der Waals surface area (Å²) in [6.45, 7) is 6.74. The number of nitrogens with one attached hydrogen (secondary N) is 1. The Morgan fingerprint density at radius 1 is 1.29 bits per heavy atom. The first-order valence-electron chi connectivity index (χ1n) is 7.27. The topological polar surface area (TPSA) is 54.3 Å². The van der Waals surface area contributed by atoms with E-state index in [1.54, 1.807) is 22.8 Å². The van der Waals surface area contributed by atoms with Crippen molar-refractivity contribution in [2.45, 2.75) is 39.8 Å². The van der Waals surface area contributed by atoms with E-state index in [2.05, 4.69) is 5.32 Å². The molecule has 1 heterocycles. The van der Waals surface area contributed by atoms with Crippen LogP contribution >= 0.6 is 0 Å². The van der Waals surface area contributed by atoms with Gasteiger partial charge < -0.3 is 15.0 Å². The van der Waals surface area contributed by atoms with Crippen LogP contribution in [0.4, 0.5) is 5.69 Å². The molecule has 0 saturated heterocycles. The lowest BCUT2D eigenvalue weighted by Crippen LogP contribution is -2.19. The van der Waals surface area contributed by atoms with Crippen molar-refractivity contribution in [2.75, 3.05) is 5.32 Å². The molecular weight excluding hydrogens is 264 g/mol. The minimum absolute atomic E-state index is 0.00783. The van der Waals surface area contributed by atoms with E-state index in [1.807, 2.05) is 39.1 Å². The van der Waals surface area contributed by atoms with Crippen LogP contribution in [0.2, 0.25) is 0 Å². The standard InChI is InChI=1S/C17H22N2O2/c1-4-9-19-11-14(6-8-17(19)21)18-13(3)15-10-12(2)5-7-16(15)20/h5-8,10-11,13,18,20H,4,9H2,1-3H3. The molecule has 0 amide bonds. The number of nitrogens with zero attached hydrogens (tertiary/aromatic N) is 1. The van der Waals surface area contributed by atoms with Gasteiger partial charge in [-0.3, -0.25) is 4.79 Å². The number of anilines is 1. The van der Waals surface area contributed by atoms with Crippen LogP contribution in [0, 0.1) is 6.92 Å². The molecule has 0 bridgehead atoms. The number of phenolic OH excluding ortho intramolecular Hbond substituents is 1. The highest BCUT2D eigenvalue weighted by molar-refractivity contribution is 5.46. The van der Waals surface area contributed by atoms with Crippen LogP contribution in [-0.2, 0) is 6.54 Å². The molecule has 1 aromatic carbocycles. The number of pyridine rings is 1. The van der Waals surface area contributed by atoms with Crippen LogP contribution in [0.1, 0.15) is 37.4 Å². The second-order valence-corrected chi connectivity index (χ2v) is 5.38. The van der Waals surface area contributed by atoms with Crippen molar-refractivity contribution >= 4 is 5.69 Å². The van der Waals surface area contributed by atoms with Gasteiger partial charge in [0.25, 0.3) is 5.56 Å². The summed E-state index contributed by atoms with van der Waals surface area (Å²) in [4.78, 5) is 11.7. The fraction of sp³-hybridized carbons (Fsp3) is 0.353. The van der Waals surface area contributed by atoms with Gasteiger partial charge >= 0.3 is 0 Å². The predicted molar refractivity (Wildman–Crippen MR) is 85.9 cm³/mol. The number of benzene rings is 1. The summed E-state index contributed by atoms with van der Waals surface area (Å²) in [5.74, 6) is 0.280. The molecule has 0 fully saturated rings. The van der Waals surface area contributed by atoms with E-state index < -0.39 is 0 Å². The van der Waals surface area contributed by atoms with Gasteiger partial charge in [-0.25, -0.2) is 0 Å². The number of rotatable bonds is 5. The summed E-state index contributed by atoms with van der Waals surface area (Å²) in [6, 6.07) is 8.86. The van der Waals surface area contributed by atoms with Crippen molar-refractivity contribution in [3.05, 3.63) is 58.0 Å². The Labute approximate surface area is 125 Å². The number of aromatic hydroxyl groups is 1. The molecule has 112 valence electrons. The summed E-state index contributed by atoms with van der Waals surface area (Å²) in [5, 5.41) is 13.3. The van der Waals surface area contributed by atoms with Crippen LogP contribution in [0.15, 0.2) is 41.3 Å². The second kappa shape index (κ2) is 6.48. The van der Waals surface area contributed by atoms with Crippen molar-refractivity contribution in [1.82, 2.24) is 4.57 Å². The zero-order chi connectivity index (χ0) is 15.4. The molecule has 0 aliphatic rings. The fourth-order valence-electron chi connectivity index (χ4n) is 2.38. The van der Waals surface area contributed by atoms with Gasteiger partial charge in [0.05, 0.1) is 11.7 Å². The summed E-state index contributed by atoms with van der Waals surface area (Å²) < 4.78 is 1.70.